The van der Waals surface area contributed by atoms with Crippen LogP contribution in [0.4, 0.5) is 5.69 Å². The Morgan fingerprint density at radius 2 is 1.48 bits per heavy atom. The fourth-order valence-electron chi connectivity index (χ4n) is 2.88. The van der Waals surface area contributed by atoms with Gasteiger partial charge in [-0.1, -0.05) is 58.0 Å². The number of nitrogens with one attached hydrogen (secondary N) is 1. The molecule has 1 N–H and O–H groups in total. The standard InChI is InChI=1S/C23H27NO3/c1-15(2)19-7-6-8-20(16(3)4)22(19)24-21(25)14-11-17-9-12-18(13-10-17)23(26)27-5/h6-16H,1-5H3,(H,24,25)/b14-11+. The highest BCUT2D eigenvalue weighted by molar-refractivity contribution is 6.03. The Kier molecular flexibility index (Phi) is 6.94. The number of methoxy groups -OCH3 is 1. The lowest BCUT2D eigenvalue weighted by atomic mass is 9.92. The molecular formula is C23H27NO3. The summed E-state index contributed by atoms with van der Waals surface area (Å²) in [4.78, 5) is 23.9. The number of carbonyl (C=O) groups is 2. The first-order valence-electron chi connectivity index (χ1n) is 9.13. The van der Waals surface area contributed by atoms with Crippen LogP contribution in [0.5, 0.6) is 0 Å². The number of rotatable bonds is 6. The third kappa shape index (κ3) is 5.30. The molecule has 4 nitrogen and oxygen atoms in total. The topological polar surface area (TPSA) is 55.4 Å². The molecule has 0 aromatic heterocycles. The number of amides is 1. The number of anilines is 1. The molecule has 0 fully saturated rings. The van der Waals surface area contributed by atoms with Gasteiger partial charge in [-0.05, 0) is 46.7 Å². The van der Waals surface area contributed by atoms with Gasteiger partial charge in [0.05, 0.1) is 12.7 Å². The molecule has 0 radical (unpaired) electrons. The van der Waals surface area contributed by atoms with E-state index in [2.05, 4.69) is 49.9 Å². The van der Waals surface area contributed by atoms with Crippen LogP contribution < -0.4 is 5.32 Å². The number of carbonyl (C=O) groups excluding carboxylic acids is 2. The van der Waals surface area contributed by atoms with E-state index in [-0.39, 0.29) is 11.9 Å². The number of ether oxygens (including phenoxy) is 1. The van der Waals surface area contributed by atoms with Gasteiger partial charge in [0, 0.05) is 11.8 Å². The van der Waals surface area contributed by atoms with Crippen molar-refractivity contribution < 1.29 is 14.3 Å². The average Bonchev–Trinajstić information content (AvgIpc) is 2.65. The molecule has 2 rings (SSSR count). The molecule has 142 valence electrons. The van der Waals surface area contributed by atoms with Gasteiger partial charge in [0.1, 0.15) is 0 Å². The second-order valence-electron chi connectivity index (χ2n) is 7.06. The summed E-state index contributed by atoms with van der Waals surface area (Å²) in [5.41, 5.74) is 4.47. The minimum atomic E-state index is -0.380. The van der Waals surface area contributed by atoms with Gasteiger partial charge in [-0.2, -0.15) is 0 Å². The zero-order valence-electron chi connectivity index (χ0n) is 16.6. The molecule has 27 heavy (non-hydrogen) atoms. The fourth-order valence-corrected chi connectivity index (χ4v) is 2.88. The van der Waals surface area contributed by atoms with E-state index in [0.717, 1.165) is 22.4 Å². The van der Waals surface area contributed by atoms with Crippen LogP contribution in [0, 0.1) is 0 Å². The number of para-hydroxylation sites is 1. The van der Waals surface area contributed by atoms with Crippen LogP contribution in [0.15, 0.2) is 48.5 Å². The molecule has 0 spiro atoms. The molecular weight excluding hydrogens is 338 g/mol. The number of benzene rings is 2. The summed E-state index contributed by atoms with van der Waals surface area (Å²) in [6.45, 7) is 8.48. The van der Waals surface area contributed by atoms with Crippen LogP contribution in [0.1, 0.15) is 66.6 Å². The molecule has 1 amide bonds. The van der Waals surface area contributed by atoms with Gasteiger partial charge in [-0.25, -0.2) is 4.79 Å². The minimum absolute atomic E-state index is 0.179. The van der Waals surface area contributed by atoms with Crippen LogP contribution in [0.25, 0.3) is 6.08 Å². The molecule has 2 aromatic rings. The first-order chi connectivity index (χ1) is 12.8. The van der Waals surface area contributed by atoms with Crippen LogP contribution in [-0.2, 0) is 9.53 Å². The molecule has 0 aliphatic heterocycles. The predicted octanol–water partition coefficient (Wildman–Crippen LogP) is 5.37. The normalized spacial score (nSPS) is 11.2. The van der Waals surface area contributed by atoms with E-state index >= 15 is 0 Å². The summed E-state index contributed by atoms with van der Waals surface area (Å²) < 4.78 is 4.68. The highest BCUT2D eigenvalue weighted by atomic mass is 16.5. The largest absolute Gasteiger partial charge is 0.465 e. The van der Waals surface area contributed by atoms with E-state index < -0.39 is 0 Å². The predicted molar refractivity (Wildman–Crippen MR) is 110 cm³/mol. The molecule has 0 saturated heterocycles. The SMILES string of the molecule is COC(=O)c1ccc(/C=C/C(=O)Nc2c(C(C)C)cccc2C(C)C)cc1. The summed E-state index contributed by atoms with van der Waals surface area (Å²) in [5, 5.41) is 3.05. The van der Waals surface area contributed by atoms with Crippen LogP contribution >= 0.6 is 0 Å². The van der Waals surface area contributed by atoms with E-state index in [0.29, 0.717) is 17.4 Å². The molecule has 0 aliphatic rings. The average molecular weight is 365 g/mol. The maximum absolute atomic E-state index is 12.5. The summed E-state index contributed by atoms with van der Waals surface area (Å²) >= 11 is 0. The van der Waals surface area contributed by atoms with E-state index in [1.165, 1.54) is 13.2 Å². The molecule has 0 bridgehead atoms. The Hall–Kier alpha value is -2.88. The highest BCUT2D eigenvalue weighted by Gasteiger charge is 2.15. The van der Waals surface area contributed by atoms with Crippen molar-refractivity contribution >= 4 is 23.6 Å². The van der Waals surface area contributed by atoms with Gasteiger partial charge in [-0.15, -0.1) is 0 Å². The van der Waals surface area contributed by atoms with Crippen molar-refractivity contribution in [2.75, 3.05) is 12.4 Å². The van der Waals surface area contributed by atoms with Gasteiger partial charge in [0.2, 0.25) is 5.91 Å². The summed E-state index contributed by atoms with van der Waals surface area (Å²) in [7, 11) is 1.35. The summed E-state index contributed by atoms with van der Waals surface area (Å²) in [6, 6.07) is 13.1. The Morgan fingerprint density at radius 1 is 0.926 bits per heavy atom. The molecule has 0 heterocycles. The van der Waals surface area contributed by atoms with Crippen molar-refractivity contribution in [2.45, 2.75) is 39.5 Å². The second-order valence-corrected chi connectivity index (χ2v) is 7.06. The van der Waals surface area contributed by atoms with Gasteiger partial charge < -0.3 is 10.1 Å². The molecule has 0 unspecified atom stereocenters. The van der Waals surface area contributed by atoms with Gasteiger partial charge in [0.15, 0.2) is 0 Å². The quantitative estimate of drug-likeness (QED) is 0.553. The fraction of sp³-hybridized carbons (Fsp3) is 0.304. The maximum Gasteiger partial charge on any atom is 0.337 e. The van der Waals surface area contributed by atoms with Crippen molar-refractivity contribution in [1.82, 2.24) is 0 Å². The third-order valence-corrected chi connectivity index (χ3v) is 4.38. The van der Waals surface area contributed by atoms with Gasteiger partial charge >= 0.3 is 5.97 Å². The Balaban J connectivity index is 2.18. The first-order valence-corrected chi connectivity index (χ1v) is 9.13. The Labute approximate surface area is 161 Å². The van der Waals surface area contributed by atoms with E-state index in [1.54, 1.807) is 30.3 Å². The number of hydrogen-bond donors (Lipinski definition) is 1. The molecule has 0 aliphatic carbocycles. The third-order valence-electron chi connectivity index (χ3n) is 4.38. The molecule has 4 heteroatoms. The van der Waals surface area contributed by atoms with Crippen molar-refractivity contribution in [3.63, 3.8) is 0 Å². The van der Waals surface area contributed by atoms with E-state index in [9.17, 15) is 9.59 Å². The second kappa shape index (κ2) is 9.17. The minimum Gasteiger partial charge on any atom is -0.465 e. The summed E-state index contributed by atoms with van der Waals surface area (Å²) in [5.74, 6) is 0.0690. The van der Waals surface area contributed by atoms with Gasteiger partial charge in [0.25, 0.3) is 0 Å². The number of esters is 1. The monoisotopic (exact) mass is 365 g/mol. The smallest absolute Gasteiger partial charge is 0.337 e. The lowest BCUT2D eigenvalue weighted by Gasteiger charge is -2.19. The Morgan fingerprint density at radius 3 is 1.96 bits per heavy atom. The van der Waals surface area contributed by atoms with Crippen molar-refractivity contribution in [2.24, 2.45) is 0 Å². The van der Waals surface area contributed by atoms with Crippen LogP contribution in [-0.4, -0.2) is 19.0 Å². The molecule has 0 saturated carbocycles. The van der Waals surface area contributed by atoms with E-state index in [4.69, 9.17) is 0 Å². The zero-order chi connectivity index (χ0) is 20.0. The van der Waals surface area contributed by atoms with Crippen molar-refractivity contribution in [3.05, 3.63) is 70.8 Å². The zero-order valence-corrected chi connectivity index (χ0v) is 16.6. The van der Waals surface area contributed by atoms with Crippen LogP contribution in [0.2, 0.25) is 0 Å². The van der Waals surface area contributed by atoms with Crippen molar-refractivity contribution in [1.29, 1.82) is 0 Å². The highest BCUT2D eigenvalue weighted by Crippen LogP contribution is 2.32. The lowest BCUT2D eigenvalue weighted by Crippen LogP contribution is -2.13. The maximum atomic E-state index is 12.5. The Bertz CT molecular complexity index is 807. The first kappa shape index (κ1) is 20.4. The summed E-state index contributed by atoms with van der Waals surface area (Å²) in [6.07, 6.45) is 3.23. The number of hydrogen-bond acceptors (Lipinski definition) is 3. The van der Waals surface area contributed by atoms with Gasteiger partial charge in [-0.3, -0.25) is 4.79 Å². The molecule has 2 aromatic carbocycles. The van der Waals surface area contributed by atoms with Crippen LogP contribution in [0.3, 0.4) is 0 Å². The molecule has 0 atom stereocenters. The van der Waals surface area contributed by atoms with E-state index in [1.807, 2.05) is 6.07 Å². The lowest BCUT2D eigenvalue weighted by molar-refractivity contribution is -0.111. The van der Waals surface area contributed by atoms with Crippen molar-refractivity contribution in [3.8, 4) is 0 Å².